The van der Waals surface area contributed by atoms with Gasteiger partial charge in [-0.25, -0.2) is 0 Å². The molecule has 0 atom stereocenters. The Morgan fingerprint density at radius 3 is 2.52 bits per heavy atom. The van der Waals surface area contributed by atoms with Crippen molar-refractivity contribution in [3.63, 3.8) is 0 Å². The molecule has 1 aromatic carbocycles. The van der Waals surface area contributed by atoms with Gasteiger partial charge in [0.25, 0.3) is 5.91 Å². The number of thioether (sulfide) groups is 2. The minimum Gasteiger partial charge on any atom is -0.334 e. The summed E-state index contributed by atoms with van der Waals surface area (Å²) in [6, 6.07) is 5.82. The first-order valence-electron chi connectivity index (χ1n) is 6.59. The molecule has 0 N–H and O–H groups in total. The average Bonchev–Trinajstić information content (AvgIpc) is 2.95. The number of likely N-dealkylation sites (N-methyl/N-ethyl adjacent to an activating group) is 1. The van der Waals surface area contributed by atoms with E-state index in [1.165, 1.54) is 11.8 Å². The van der Waals surface area contributed by atoms with Gasteiger partial charge in [0, 0.05) is 23.0 Å². The van der Waals surface area contributed by atoms with Crippen molar-refractivity contribution in [2.75, 3.05) is 18.0 Å². The van der Waals surface area contributed by atoms with Gasteiger partial charge in [0.1, 0.15) is 14.3 Å². The molecular weight excluding hydrogens is 344 g/mol. The number of rotatable bonds is 2. The highest BCUT2D eigenvalue weighted by Gasteiger charge is 2.38. The number of halogens is 1. The quantitative estimate of drug-likeness (QED) is 0.580. The molecule has 0 unspecified atom stereocenters. The van der Waals surface area contributed by atoms with Gasteiger partial charge in [0.05, 0.1) is 5.69 Å². The van der Waals surface area contributed by atoms with Crippen molar-refractivity contribution in [1.82, 2.24) is 4.90 Å². The van der Waals surface area contributed by atoms with Crippen LogP contribution in [0.3, 0.4) is 0 Å². The molecule has 2 aliphatic heterocycles. The highest BCUT2D eigenvalue weighted by Crippen LogP contribution is 2.51. The maximum atomic E-state index is 12.5. The second-order valence-electron chi connectivity index (χ2n) is 4.51. The average molecular weight is 357 g/mol. The fourth-order valence-electron chi connectivity index (χ4n) is 2.34. The fourth-order valence-corrected chi connectivity index (χ4v) is 5.24. The maximum Gasteiger partial charge on any atom is 0.268 e. The lowest BCUT2D eigenvalue weighted by Gasteiger charge is -2.19. The number of anilines is 1. The molecule has 2 heterocycles. The SMILES string of the molecule is CCN1C(=O)/C(=C2\Sc3ccc(Cl)cc3N2CC)SC1=S. The molecule has 21 heavy (non-hydrogen) atoms. The minimum absolute atomic E-state index is 0.00681. The first-order chi connectivity index (χ1) is 10.1. The van der Waals surface area contributed by atoms with Gasteiger partial charge in [0.2, 0.25) is 0 Å². The standard InChI is InChI=1S/C14H13ClN2OS3/c1-3-16-9-7-8(15)5-6-10(9)20-13(16)11-12(18)17(4-2)14(19)21-11/h5-7H,3-4H2,1-2H3/b13-11+. The van der Waals surface area contributed by atoms with Crippen LogP contribution in [0.1, 0.15) is 13.8 Å². The lowest BCUT2D eigenvalue weighted by atomic mass is 10.3. The summed E-state index contributed by atoms with van der Waals surface area (Å²) in [6.45, 7) is 5.40. The van der Waals surface area contributed by atoms with E-state index in [-0.39, 0.29) is 5.91 Å². The van der Waals surface area contributed by atoms with Crippen LogP contribution in [0, 0.1) is 0 Å². The molecule has 1 aromatic rings. The van der Waals surface area contributed by atoms with Gasteiger partial charge in [-0.05, 0) is 32.0 Å². The van der Waals surface area contributed by atoms with Crippen LogP contribution >= 0.6 is 47.3 Å². The molecule has 0 saturated carbocycles. The van der Waals surface area contributed by atoms with Crippen molar-refractivity contribution < 1.29 is 4.79 Å². The molecule has 0 bridgehead atoms. The van der Waals surface area contributed by atoms with E-state index in [2.05, 4.69) is 11.8 Å². The van der Waals surface area contributed by atoms with Crippen LogP contribution in [0.15, 0.2) is 33.0 Å². The summed E-state index contributed by atoms with van der Waals surface area (Å²) in [6.07, 6.45) is 0. The Bertz CT molecular complexity index is 674. The molecule has 0 aliphatic carbocycles. The van der Waals surface area contributed by atoms with Crippen LogP contribution in [0.4, 0.5) is 5.69 Å². The summed E-state index contributed by atoms with van der Waals surface area (Å²) in [7, 11) is 0. The van der Waals surface area contributed by atoms with Gasteiger partial charge in [-0.1, -0.05) is 47.3 Å². The number of carbonyl (C=O) groups is 1. The molecule has 1 saturated heterocycles. The second-order valence-corrected chi connectivity index (χ2v) is 7.62. The molecule has 7 heteroatoms. The molecule has 3 rings (SSSR count). The zero-order valence-electron chi connectivity index (χ0n) is 11.6. The topological polar surface area (TPSA) is 23.6 Å². The Hall–Kier alpha value is -0.690. The largest absolute Gasteiger partial charge is 0.334 e. The Kier molecular flexibility index (Phi) is 4.23. The molecule has 0 radical (unpaired) electrons. The smallest absolute Gasteiger partial charge is 0.268 e. The summed E-state index contributed by atoms with van der Waals surface area (Å²) in [5, 5.41) is 1.67. The van der Waals surface area contributed by atoms with Crippen molar-refractivity contribution in [2.24, 2.45) is 0 Å². The minimum atomic E-state index is 0.00681. The zero-order valence-corrected chi connectivity index (χ0v) is 14.8. The number of hydrogen-bond donors (Lipinski definition) is 0. The summed E-state index contributed by atoms with van der Waals surface area (Å²) >= 11 is 14.4. The first-order valence-corrected chi connectivity index (χ1v) is 9.01. The van der Waals surface area contributed by atoms with Gasteiger partial charge in [-0.3, -0.25) is 9.69 Å². The lowest BCUT2D eigenvalue weighted by molar-refractivity contribution is -0.122. The van der Waals surface area contributed by atoms with Crippen molar-refractivity contribution in [2.45, 2.75) is 18.7 Å². The highest BCUT2D eigenvalue weighted by atomic mass is 35.5. The predicted molar refractivity (Wildman–Crippen MR) is 94.9 cm³/mol. The third kappa shape index (κ3) is 2.48. The zero-order chi connectivity index (χ0) is 15.1. The van der Waals surface area contributed by atoms with E-state index in [0.29, 0.717) is 15.9 Å². The van der Waals surface area contributed by atoms with Crippen LogP contribution in [0.2, 0.25) is 5.02 Å². The van der Waals surface area contributed by atoms with Crippen LogP contribution in [-0.4, -0.2) is 28.2 Å². The highest BCUT2D eigenvalue weighted by molar-refractivity contribution is 8.27. The van der Waals surface area contributed by atoms with E-state index in [4.69, 9.17) is 23.8 Å². The van der Waals surface area contributed by atoms with Gasteiger partial charge in [-0.2, -0.15) is 0 Å². The number of amides is 1. The predicted octanol–water partition coefficient (Wildman–Crippen LogP) is 4.32. The Morgan fingerprint density at radius 1 is 1.19 bits per heavy atom. The van der Waals surface area contributed by atoms with Gasteiger partial charge >= 0.3 is 0 Å². The maximum absolute atomic E-state index is 12.5. The number of benzene rings is 1. The Morgan fingerprint density at radius 2 is 1.90 bits per heavy atom. The molecule has 2 aliphatic rings. The van der Waals surface area contributed by atoms with E-state index in [9.17, 15) is 4.79 Å². The molecule has 0 aromatic heterocycles. The van der Waals surface area contributed by atoms with E-state index in [1.54, 1.807) is 16.7 Å². The van der Waals surface area contributed by atoms with E-state index < -0.39 is 0 Å². The van der Waals surface area contributed by atoms with Crippen molar-refractivity contribution in [1.29, 1.82) is 0 Å². The molecule has 1 amide bonds. The number of fused-ring (bicyclic) bond motifs is 1. The second kappa shape index (κ2) is 5.83. The van der Waals surface area contributed by atoms with Crippen LogP contribution in [0.5, 0.6) is 0 Å². The van der Waals surface area contributed by atoms with Gasteiger partial charge in [-0.15, -0.1) is 0 Å². The van der Waals surface area contributed by atoms with Crippen molar-refractivity contribution >= 4 is 63.3 Å². The van der Waals surface area contributed by atoms with Gasteiger partial charge in [0.15, 0.2) is 0 Å². The number of nitrogens with zero attached hydrogens (tertiary/aromatic N) is 2. The molecule has 110 valence electrons. The monoisotopic (exact) mass is 356 g/mol. The molecule has 3 nitrogen and oxygen atoms in total. The summed E-state index contributed by atoms with van der Waals surface area (Å²) in [5.41, 5.74) is 1.06. The van der Waals surface area contributed by atoms with Crippen LogP contribution < -0.4 is 4.90 Å². The Labute approximate surface area is 142 Å². The molecular formula is C14H13ClN2OS3. The fraction of sp³-hybridized carbons (Fsp3) is 0.286. The van der Waals surface area contributed by atoms with Gasteiger partial charge < -0.3 is 4.90 Å². The normalized spacial score (nSPS) is 21.5. The first kappa shape index (κ1) is 15.2. The number of thiocarbonyl (C=S) groups is 1. The van der Waals surface area contributed by atoms with E-state index in [1.807, 2.05) is 25.1 Å². The van der Waals surface area contributed by atoms with Crippen molar-refractivity contribution in [3.05, 3.63) is 33.2 Å². The number of carbonyl (C=O) groups excluding carboxylic acids is 1. The number of hydrogen-bond acceptors (Lipinski definition) is 5. The van der Waals surface area contributed by atoms with E-state index in [0.717, 1.165) is 27.1 Å². The van der Waals surface area contributed by atoms with Crippen molar-refractivity contribution in [3.8, 4) is 0 Å². The molecule has 0 spiro atoms. The third-order valence-corrected chi connectivity index (χ3v) is 6.32. The Balaban J connectivity index is 2.07. The van der Waals surface area contributed by atoms with Crippen LogP contribution in [0.25, 0.3) is 0 Å². The third-order valence-electron chi connectivity index (χ3n) is 3.34. The lowest BCUT2D eigenvalue weighted by Crippen LogP contribution is -2.28. The molecule has 1 fully saturated rings. The summed E-state index contributed by atoms with van der Waals surface area (Å²) in [5.74, 6) is 0.00681. The van der Waals surface area contributed by atoms with E-state index >= 15 is 0 Å². The van der Waals surface area contributed by atoms with Crippen LogP contribution in [-0.2, 0) is 4.79 Å². The summed E-state index contributed by atoms with van der Waals surface area (Å²) in [4.78, 5) is 18.1. The summed E-state index contributed by atoms with van der Waals surface area (Å²) < 4.78 is 0.635.